The topological polar surface area (TPSA) is 41.6 Å². The summed E-state index contributed by atoms with van der Waals surface area (Å²) < 4.78 is 15.1. The third-order valence-electron chi connectivity index (χ3n) is 3.33. The van der Waals surface area contributed by atoms with E-state index in [1.807, 2.05) is 18.2 Å². The van der Waals surface area contributed by atoms with Crippen molar-refractivity contribution < 1.29 is 4.39 Å². The molecule has 0 bridgehead atoms. The maximum absolute atomic E-state index is 13.5. The van der Waals surface area contributed by atoms with E-state index in [1.165, 1.54) is 6.07 Å². The Morgan fingerprint density at radius 3 is 2.68 bits per heavy atom. The number of aromatic nitrogens is 2. The van der Waals surface area contributed by atoms with Gasteiger partial charge in [0.1, 0.15) is 11.9 Å². The molecule has 0 amide bonds. The molecule has 108 valence electrons. The van der Waals surface area contributed by atoms with E-state index >= 15 is 0 Å². The SMILES string of the molecule is Cc1cc(-c2cc(C#N)nn2-c2cccc(Cl)c2)ccc1F. The first-order valence-electron chi connectivity index (χ1n) is 6.61. The second kappa shape index (κ2) is 5.63. The monoisotopic (exact) mass is 311 g/mol. The van der Waals surface area contributed by atoms with Crippen LogP contribution in [0.25, 0.3) is 16.9 Å². The van der Waals surface area contributed by atoms with E-state index in [-0.39, 0.29) is 11.5 Å². The predicted molar refractivity (Wildman–Crippen MR) is 83.4 cm³/mol. The summed E-state index contributed by atoms with van der Waals surface area (Å²) in [6, 6.07) is 15.7. The summed E-state index contributed by atoms with van der Waals surface area (Å²) in [7, 11) is 0. The Labute approximate surface area is 132 Å². The van der Waals surface area contributed by atoms with Crippen LogP contribution in [0.1, 0.15) is 11.3 Å². The van der Waals surface area contributed by atoms with Crippen molar-refractivity contribution in [1.29, 1.82) is 5.26 Å². The highest BCUT2D eigenvalue weighted by atomic mass is 35.5. The van der Waals surface area contributed by atoms with Gasteiger partial charge in [-0.3, -0.25) is 0 Å². The van der Waals surface area contributed by atoms with Gasteiger partial charge < -0.3 is 0 Å². The highest BCUT2D eigenvalue weighted by Gasteiger charge is 2.13. The fourth-order valence-electron chi connectivity index (χ4n) is 2.25. The molecule has 0 fully saturated rings. The minimum absolute atomic E-state index is 0.266. The molecule has 1 heterocycles. The zero-order valence-corrected chi connectivity index (χ0v) is 12.5. The summed E-state index contributed by atoms with van der Waals surface area (Å²) >= 11 is 6.02. The first kappa shape index (κ1) is 14.3. The molecule has 0 unspecified atom stereocenters. The standard InChI is InChI=1S/C17H11ClFN3/c1-11-7-12(5-6-16(11)19)17-9-14(10-20)21-22(17)15-4-2-3-13(18)8-15/h2-9H,1H3. The van der Waals surface area contributed by atoms with Crippen molar-refractivity contribution in [3.63, 3.8) is 0 Å². The van der Waals surface area contributed by atoms with Crippen LogP contribution >= 0.6 is 11.6 Å². The van der Waals surface area contributed by atoms with Crippen LogP contribution in [0.4, 0.5) is 4.39 Å². The van der Waals surface area contributed by atoms with Gasteiger partial charge in [-0.1, -0.05) is 17.7 Å². The van der Waals surface area contributed by atoms with E-state index in [0.29, 0.717) is 16.3 Å². The van der Waals surface area contributed by atoms with Crippen molar-refractivity contribution >= 4 is 11.6 Å². The van der Waals surface area contributed by atoms with Crippen molar-refractivity contribution in [2.24, 2.45) is 0 Å². The number of aryl methyl sites for hydroxylation is 1. The lowest BCUT2D eigenvalue weighted by Gasteiger charge is -2.09. The molecular weight excluding hydrogens is 301 g/mol. The Morgan fingerprint density at radius 2 is 2.00 bits per heavy atom. The Bertz CT molecular complexity index is 893. The highest BCUT2D eigenvalue weighted by Crippen LogP contribution is 2.26. The third-order valence-corrected chi connectivity index (χ3v) is 3.57. The van der Waals surface area contributed by atoms with Gasteiger partial charge in [-0.05, 0) is 48.9 Å². The van der Waals surface area contributed by atoms with Gasteiger partial charge in [0.15, 0.2) is 5.69 Å². The first-order valence-corrected chi connectivity index (χ1v) is 6.99. The largest absolute Gasteiger partial charge is 0.232 e. The first-order chi connectivity index (χ1) is 10.6. The Kier molecular flexibility index (Phi) is 3.66. The van der Waals surface area contributed by atoms with Gasteiger partial charge in [-0.15, -0.1) is 0 Å². The molecule has 0 saturated heterocycles. The fraction of sp³-hybridized carbons (Fsp3) is 0.0588. The average Bonchev–Trinajstić information content (AvgIpc) is 2.94. The molecule has 22 heavy (non-hydrogen) atoms. The van der Waals surface area contributed by atoms with Crippen molar-refractivity contribution in [3.8, 4) is 23.0 Å². The van der Waals surface area contributed by atoms with Crippen molar-refractivity contribution in [2.75, 3.05) is 0 Å². The maximum atomic E-state index is 13.5. The van der Waals surface area contributed by atoms with Crippen LogP contribution in [-0.4, -0.2) is 9.78 Å². The molecule has 3 rings (SSSR count). The van der Waals surface area contributed by atoms with E-state index in [1.54, 1.807) is 41.9 Å². The summed E-state index contributed by atoms with van der Waals surface area (Å²) in [6.45, 7) is 1.70. The molecule has 0 aliphatic heterocycles. The van der Waals surface area contributed by atoms with Gasteiger partial charge >= 0.3 is 0 Å². The molecule has 0 saturated carbocycles. The molecular formula is C17H11ClFN3. The predicted octanol–water partition coefficient (Wildman–Crippen LogP) is 4.51. The molecule has 3 nitrogen and oxygen atoms in total. The van der Waals surface area contributed by atoms with Gasteiger partial charge in [0.05, 0.1) is 11.4 Å². The van der Waals surface area contributed by atoms with Gasteiger partial charge in [0.25, 0.3) is 0 Å². The minimum Gasteiger partial charge on any atom is -0.232 e. The third kappa shape index (κ3) is 2.59. The summed E-state index contributed by atoms with van der Waals surface area (Å²) in [5.74, 6) is -0.266. The second-order valence-corrected chi connectivity index (χ2v) is 5.32. The van der Waals surface area contributed by atoms with Crippen molar-refractivity contribution in [2.45, 2.75) is 6.92 Å². The van der Waals surface area contributed by atoms with Crippen LogP contribution in [0.2, 0.25) is 5.02 Å². The zero-order valence-electron chi connectivity index (χ0n) is 11.7. The van der Waals surface area contributed by atoms with E-state index in [9.17, 15) is 4.39 Å². The van der Waals surface area contributed by atoms with Gasteiger partial charge in [-0.2, -0.15) is 10.4 Å². The molecule has 1 aromatic heterocycles. The van der Waals surface area contributed by atoms with Crippen LogP contribution in [0.3, 0.4) is 0 Å². The van der Waals surface area contributed by atoms with E-state index < -0.39 is 0 Å². The van der Waals surface area contributed by atoms with Crippen LogP contribution < -0.4 is 0 Å². The van der Waals surface area contributed by atoms with Crippen LogP contribution in [0, 0.1) is 24.1 Å². The number of nitrogens with zero attached hydrogens (tertiary/aromatic N) is 3. The number of nitriles is 1. The minimum atomic E-state index is -0.266. The molecule has 3 aromatic rings. The van der Waals surface area contributed by atoms with Crippen molar-refractivity contribution in [1.82, 2.24) is 9.78 Å². The number of hydrogen-bond donors (Lipinski definition) is 0. The van der Waals surface area contributed by atoms with E-state index in [0.717, 1.165) is 11.3 Å². The van der Waals surface area contributed by atoms with E-state index in [2.05, 4.69) is 5.10 Å². The number of halogens is 2. The molecule has 0 radical (unpaired) electrons. The van der Waals surface area contributed by atoms with Crippen LogP contribution in [-0.2, 0) is 0 Å². The van der Waals surface area contributed by atoms with Gasteiger partial charge in [0, 0.05) is 16.7 Å². The Morgan fingerprint density at radius 1 is 1.18 bits per heavy atom. The molecule has 0 aliphatic carbocycles. The summed E-state index contributed by atoms with van der Waals surface area (Å²) in [6.07, 6.45) is 0. The zero-order chi connectivity index (χ0) is 15.7. The highest BCUT2D eigenvalue weighted by molar-refractivity contribution is 6.30. The quantitative estimate of drug-likeness (QED) is 0.698. The summed E-state index contributed by atoms with van der Waals surface area (Å²) in [5.41, 5.74) is 3.06. The Hall–Kier alpha value is -2.64. The lowest BCUT2D eigenvalue weighted by molar-refractivity contribution is 0.618. The maximum Gasteiger partial charge on any atom is 0.163 e. The average molecular weight is 312 g/mol. The number of benzene rings is 2. The number of hydrogen-bond acceptors (Lipinski definition) is 2. The lowest BCUT2D eigenvalue weighted by atomic mass is 10.1. The normalized spacial score (nSPS) is 10.5. The molecule has 2 aromatic carbocycles. The van der Waals surface area contributed by atoms with Gasteiger partial charge in [0.2, 0.25) is 0 Å². The van der Waals surface area contributed by atoms with Crippen LogP contribution in [0.5, 0.6) is 0 Å². The fourth-order valence-corrected chi connectivity index (χ4v) is 2.43. The van der Waals surface area contributed by atoms with Gasteiger partial charge in [-0.25, -0.2) is 9.07 Å². The Balaban J connectivity index is 2.21. The molecule has 0 spiro atoms. The summed E-state index contributed by atoms with van der Waals surface area (Å²) in [5, 5.41) is 14.0. The lowest BCUT2D eigenvalue weighted by Crippen LogP contribution is -1.99. The van der Waals surface area contributed by atoms with Crippen molar-refractivity contribution in [3.05, 3.63) is 70.6 Å². The van der Waals surface area contributed by atoms with Crippen LogP contribution in [0.15, 0.2) is 48.5 Å². The molecule has 5 heteroatoms. The number of rotatable bonds is 2. The van der Waals surface area contributed by atoms with E-state index in [4.69, 9.17) is 16.9 Å². The summed E-state index contributed by atoms with van der Waals surface area (Å²) in [4.78, 5) is 0. The second-order valence-electron chi connectivity index (χ2n) is 4.88. The smallest absolute Gasteiger partial charge is 0.163 e. The molecule has 0 aliphatic rings. The molecule has 0 atom stereocenters. The molecule has 0 N–H and O–H groups in total.